The molecule has 12 rings (SSSR count). The van der Waals surface area contributed by atoms with Gasteiger partial charge in [0.25, 0.3) is 0 Å². The van der Waals surface area contributed by atoms with Crippen molar-refractivity contribution >= 4 is 44.9 Å². The summed E-state index contributed by atoms with van der Waals surface area (Å²) < 4.78 is 0. The van der Waals surface area contributed by atoms with Crippen LogP contribution in [0.15, 0.2) is 237 Å². The van der Waals surface area contributed by atoms with Crippen molar-refractivity contribution in [1.29, 1.82) is 0 Å². The van der Waals surface area contributed by atoms with E-state index in [1.165, 1.54) is 98.5 Å². The Morgan fingerprint density at radius 3 is 1.54 bits per heavy atom. The maximum absolute atomic E-state index is 2.52. The quantitative estimate of drug-likeness (QED) is 0.135. The zero-order valence-corrected chi connectivity index (χ0v) is 39.5. The molecule has 2 heteroatoms. The first-order valence-corrected chi connectivity index (χ1v) is 24.9. The van der Waals surface area contributed by atoms with Crippen molar-refractivity contribution in [1.82, 2.24) is 0 Å². The van der Waals surface area contributed by atoms with E-state index >= 15 is 0 Å². The average Bonchev–Trinajstić information content (AvgIpc) is 3.64. The lowest BCUT2D eigenvalue weighted by atomic mass is 9.82. The van der Waals surface area contributed by atoms with Gasteiger partial charge in [-0.1, -0.05) is 197 Å². The molecule has 0 amide bonds. The van der Waals surface area contributed by atoms with Gasteiger partial charge in [-0.05, 0) is 164 Å². The predicted molar refractivity (Wildman–Crippen MR) is 293 cm³/mol. The highest BCUT2D eigenvalue weighted by atomic mass is 15.2. The Morgan fingerprint density at radius 2 is 0.870 bits per heavy atom. The minimum Gasteiger partial charge on any atom is -0.310 e. The summed E-state index contributed by atoms with van der Waals surface area (Å²) in [5.74, 6) is 0.612. The number of rotatable bonds is 10. The summed E-state index contributed by atoms with van der Waals surface area (Å²) in [6.07, 6.45) is 6.50. The number of hydrogen-bond donors (Lipinski definition) is 0. The van der Waals surface area contributed by atoms with Crippen LogP contribution in [-0.4, -0.2) is 0 Å². The van der Waals surface area contributed by atoms with Crippen molar-refractivity contribution in [2.75, 3.05) is 9.80 Å². The van der Waals surface area contributed by atoms with Crippen LogP contribution in [0.1, 0.15) is 68.6 Å². The fourth-order valence-corrected chi connectivity index (χ4v) is 11.6. The Bertz CT molecular complexity index is 3390. The molecule has 0 bridgehead atoms. The summed E-state index contributed by atoms with van der Waals surface area (Å²) in [5, 5.41) is 2.44. The molecule has 334 valence electrons. The van der Waals surface area contributed by atoms with Gasteiger partial charge in [-0.3, -0.25) is 0 Å². The van der Waals surface area contributed by atoms with Crippen molar-refractivity contribution in [3.05, 3.63) is 253 Å². The Kier molecular flexibility index (Phi) is 11.0. The Balaban J connectivity index is 1.17. The van der Waals surface area contributed by atoms with Gasteiger partial charge in [0.05, 0.1) is 0 Å². The van der Waals surface area contributed by atoms with Gasteiger partial charge in [0.2, 0.25) is 0 Å². The summed E-state index contributed by atoms with van der Waals surface area (Å²) in [5.41, 5.74) is 20.4. The van der Waals surface area contributed by atoms with Gasteiger partial charge in [-0.25, -0.2) is 0 Å². The molecular formula is C67H56N2. The van der Waals surface area contributed by atoms with E-state index in [0.29, 0.717) is 5.92 Å². The van der Waals surface area contributed by atoms with Gasteiger partial charge in [-0.15, -0.1) is 0 Å². The topological polar surface area (TPSA) is 6.48 Å². The molecule has 1 saturated carbocycles. The second-order valence-corrected chi connectivity index (χ2v) is 19.5. The van der Waals surface area contributed by atoms with Gasteiger partial charge in [-0.2, -0.15) is 0 Å². The number of fused-ring (bicyclic) bond motifs is 4. The minimum atomic E-state index is -0.164. The minimum absolute atomic E-state index is 0.164. The number of para-hydroxylation sites is 2. The molecule has 0 N–H and O–H groups in total. The van der Waals surface area contributed by atoms with Gasteiger partial charge in [0, 0.05) is 39.5 Å². The van der Waals surface area contributed by atoms with Gasteiger partial charge in [0.15, 0.2) is 0 Å². The second-order valence-electron chi connectivity index (χ2n) is 19.5. The molecule has 0 radical (unpaired) electrons. The largest absolute Gasteiger partial charge is 0.310 e. The highest BCUT2D eigenvalue weighted by Gasteiger charge is 2.36. The molecule has 10 aromatic rings. The van der Waals surface area contributed by atoms with E-state index in [9.17, 15) is 0 Å². The Morgan fingerprint density at radius 1 is 0.348 bits per heavy atom. The maximum atomic E-state index is 2.52. The van der Waals surface area contributed by atoms with Crippen molar-refractivity contribution in [3.8, 4) is 44.5 Å². The monoisotopic (exact) mass is 888 g/mol. The third kappa shape index (κ3) is 7.80. The van der Waals surface area contributed by atoms with Crippen LogP contribution in [-0.2, 0) is 5.41 Å². The van der Waals surface area contributed by atoms with Crippen LogP contribution >= 0.6 is 0 Å². The number of anilines is 6. The van der Waals surface area contributed by atoms with E-state index in [-0.39, 0.29) is 5.41 Å². The first kappa shape index (κ1) is 42.4. The summed E-state index contributed by atoms with van der Waals surface area (Å²) in [6.45, 7) is 4.77. The zero-order chi connectivity index (χ0) is 46.3. The van der Waals surface area contributed by atoms with Gasteiger partial charge in [0.1, 0.15) is 0 Å². The standard InChI is InChI=1S/C67H56N2/c1-67(2)63-35-21-20-34-60(63)61-41-40-56(46-64(61)67)69(55-38-36-48(37-39-55)47-22-8-3-9-23-47)58-43-52(42-57(45-58)68(53-29-14-6-15-30-53)54-31-16-7-17-32-54)66-62(49-24-10-4-11-25-49)44-51-28-18-19-33-59(51)65(66)50-26-12-5-13-27-50/h4-7,10-21,24-47H,3,8-9,22-23H2,1-2H3. The van der Waals surface area contributed by atoms with Gasteiger partial charge < -0.3 is 9.80 Å². The fourth-order valence-electron chi connectivity index (χ4n) is 11.6. The molecule has 0 unspecified atom stereocenters. The Hall–Kier alpha value is -7.94. The van der Waals surface area contributed by atoms with E-state index in [2.05, 4.69) is 260 Å². The molecule has 0 aliphatic heterocycles. The summed E-state index contributed by atoms with van der Waals surface area (Å²) >= 11 is 0. The lowest BCUT2D eigenvalue weighted by Gasteiger charge is -2.32. The molecule has 0 heterocycles. The number of benzene rings is 10. The van der Waals surface area contributed by atoms with Crippen molar-refractivity contribution in [3.63, 3.8) is 0 Å². The SMILES string of the molecule is CC1(C)c2ccccc2-c2ccc(N(c3ccc(C4CCCCC4)cc3)c3cc(-c4c(-c5ccccc5)cc5ccccc5c4-c4ccccc4)cc(N(c4ccccc4)c4ccccc4)c3)cc21. The summed E-state index contributed by atoms with van der Waals surface area (Å²) in [6, 6.07) is 88.1. The zero-order valence-electron chi connectivity index (χ0n) is 39.5. The van der Waals surface area contributed by atoms with Crippen LogP contribution in [0, 0.1) is 0 Å². The summed E-state index contributed by atoms with van der Waals surface area (Å²) in [7, 11) is 0. The van der Waals surface area contributed by atoms with E-state index in [1.807, 2.05) is 0 Å². The molecule has 69 heavy (non-hydrogen) atoms. The van der Waals surface area contributed by atoms with E-state index in [0.717, 1.165) is 39.7 Å². The van der Waals surface area contributed by atoms with E-state index < -0.39 is 0 Å². The van der Waals surface area contributed by atoms with Crippen LogP contribution < -0.4 is 9.80 Å². The van der Waals surface area contributed by atoms with Crippen LogP contribution in [0.3, 0.4) is 0 Å². The molecule has 0 spiro atoms. The van der Waals surface area contributed by atoms with E-state index in [1.54, 1.807) is 0 Å². The molecule has 0 saturated heterocycles. The third-order valence-corrected chi connectivity index (χ3v) is 15.0. The van der Waals surface area contributed by atoms with Crippen molar-refractivity contribution in [2.24, 2.45) is 0 Å². The predicted octanol–water partition coefficient (Wildman–Crippen LogP) is 19.1. The van der Waals surface area contributed by atoms with Gasteiger partial charge >= 0.3 is 0 Å². The van der Waals surface area contributed by atoms with Crippen LogP contribution in [0.4, 0.5) is 34.1 Å². The smallest absolute Gasteiger partial charge is 0.0488 e. The fraction of sp³-hybridized carbons (Fsp3) is 0.134. The first-order chi connectivity index (χ1) is 34.0. The first-order valence-electron chi connectivity index (χ1n) is 24.9. The third-order valence-electron chi connectivity index (χ3n) is 15.0. The summed E-state index contributed by atoms with van der Waals surface area (Å²) in [4.78, 5) is 4.95. The van der Waals surface area contributed by atoms with Crippen LogP contribution in [0.25, 0.3) is 55.3 Å². The normalized spacial score (nSPS) is 14.0. The molecule has 1 fully saturated rings. The molecule has 0 atom stereocenters. The highest BCUT2D eigenvalue weighted by molar-refractivity contribution is 6.10. The maximum Gasteiger partial charge on any atom is 0.0488 e. The number of nitrogens with zero attached hydrogens (tertiary/aromatic N) is 2. The van der Waals surface area contributed by atoms with Crippen molar-refractivity contribution < 1.29 is 0 Å². The van der Waals surface area contributed by atoms with E-state index in [4.69, 9.17) is 0 Å². The average molecular weight is 889 g/mol. The lowest BCUT2D eigenvalue weighted by molar-refractivity contribution is 0.443. The molecule has 2 nitrogen and oxygen atoms in total. The highest BCUT2D eigenvalue weighted by Crippen LogP contribution is 2.53. The molecular weight excluding hydrogens is 833 g/mol. The molecule has 10 aromatic carbocycles. The lowest BCUT2D eigenvalue weighted by Crippen LogP contribution is -2.17. The van der Waals surface area contributed by atoms with Crippen LogP contribution in [0.2, 0.25) is 0 Å². The second kappa shape index (κ2) is 17.9. The van der Waals surface area contributed by atoms with Crippen molar-refractivity contribution in [2.45, 2.75) is 57.3 Å². The Labute approximate surface area is 407 Å². The number of hydrogen-bond acceptors (Lipinski definition) is 2. The molecule has 2 aliphatic rings. The molecule has 2 aliphatic carbocycles. The van der Waals surface area contributed by atoms with Crippen LogP contribution in [0.5, 0.6) is 0 Å². The molecule has 0 aromatic heterocycles.